The largest absolute Gasteiger partial charge is 0.482 e. The van der Waals surface area contributed by atoms with Gasteiger partial charge in [-0.15, -0.1) is 0 Å². The van der Waals surface area contributed by atoms with Crippen LogP contribution in [0.3, 0.4) is 0 Å². The number of aliphatic hydroxyl groups is 1. The summed E-state index contributed by atoms with van der Waals surface area (Å²) in [6, 6.07) is 20.0. The zero-order valence-corrected chi connectivity index (χ0v) is 24.1. The highest BCUT2D eigenvalue weighted by atomic mass is 19.4. The fourth-order valence-electron chi connectivity index (χ4n) is 4.52. The van der Waals surface area contributed by atoms with Crippen molar-refractivity contribution in [1.29, 1.82) is 5.41 Å². The van der Waals surface area contributed by atoms with Crippen LogP contribution < -0.4 is 20.9 Å². The molecule has 5 rings (SSSR count). The number of anilines is 2. The van der Waals surface area contributed by atoms with Crippen molar-refractivity contribution < 1.29 is 37.0 Å². The predicted octanol–water partition coefficient (Wildman–Crippen LogP) is 4.71. The summed E-state index contributed by atoms with van der Waals surface area (Å²) in [6.07, 6.45) is -3.52. The van der Waals surface area contributed by atoms with Gasteiger partial charge in [0.1, 0.15) is 17.1 Å². The Labute approximate surface area is 259 Å². The molecule has 0 bridgehead atoms. The van der Waals surface area contributed by atoms with Gasteiger partial charge in [-0.25, -0.2) is 4.39 Å². The average molecular weight is 637 g/mol. The third-order valence-electron chi connectivity index (χ3n) is 6.83. The van der Waals surface area contributed by atoms with Crippen molar-refractivity contribution in [2.24, 2.45) is 4.99 Å². The first kappa shape index (κ1) is 31.9. The lowest BCUT2D eigenvalue weighted by molar-refractivity contribution is -0.153. The van der Waals surface area contributed by atoms with Gasteiger partial charge in [-0.1, -0.05) is 24.3 Å². The lowest BCUT2D eigenvalue weighted by Gasteiger charge is -2.36. The molecule has 238 valence electrons. The number of rotatable bonds is 8. The second kappa shape index (κ2) is 13.6. The van der Waals surface area contributed by atoms with Crippen LogP contribution in [0.25, 0.3) is 11.1 Å². The second-order valence-electron chi connectivity index (χ2n) is 10.5. The summed E-state index contributed by atoms with van der Waals surface area (Å²) in [5.41, 5.74) is 3.21. The molecule has 0 unspecified atom stereocenters. The van der Waals surface area contributed by atoms with Crippen LogP contribution in [0.5, 0.6) is 5.75 Å². The van der Waals surface area contributed by atoms with E-state index in [1.807, 2.05) is 0 Å². The van der Waals surface area contributed by atoms with Gasteiger partial charge in [0.15, 0.2) is 6.61 Å². The summed E-state index contributed by atoms with van der Waals surface area (Å²) < 4.78 is 56.7. The van der Waals surface area contributed by atoms with Crippen LogP contribution >= 0.6 is 0 Å². The lowest BCUT2D eigenvalue weighted by Crippen LogP contribution is -2.53. The van der Waals surface area contributed by atoms with Crippen molar-refractivity contribution in [3.63, 3.8) is 0 Å². The van der Waals surface area contributed by atoms with Crippen LogP contribution in [0.2, 0.25) is 0 Å². The summed E-state index contributed by atoms with van der Waals surface area (Å²) in [5, 5.41) is 23.1. The molecule has 0 spiro atoms. The van der Waals surface area contributed by atoms with Gasteiger partial charge in [0.25, 0.3) is 5.91 Å². The van der Waals surface area contributed by atoms with E-state index in [0.717, 1.165) is 17.2 Å². The quantitative estimate of drug-likeness (QED) is 0.108. The van der Waals surface area contributed by atoms with Gasteiger partial charge >= 0.3 is 6.18 Å². The smallest absolute Gasteiger partial charge is 0.422 e. The Morgan fingerprint density at radius 3 is 2.30 bits per heavy atom. The zero-order valence-electron chi connectivity index (χ0n) is 24.1. The normalized spacial score (nSPS) is 13.6. The molecule has 14 heteroatoms. The van der Waals surface area contributed by atoms with E-state index in [2.05, 4.69) is 20.6 Å². The monoisotopic (exact) mass is 636 g/mol. The molecule has 0 radical (unpaired) electrons. The topological polar surface area (TPSA) is 143 Å². The minimum atomic E-state index is -4.63. The van der Waals surface area contributed by atoms with Gasteiger partial charge in [-0.05, 0) is 71.3 Å². The molecule has 1 saturated heterocycles. The van der Waals surface area contributed by atoms with Crippen molar-refractivity contribution in [2.45, 2.75) is 18.7 Å². The number of alkyl halides is 3. The van der Waals surface area contributed by atoms with Crippen LogP contribution in [-0.2, 0) is 11.2 Å². The number of carbonyl (C=O) groups excluding carboxylic acids is 2. The van der Waals surface area contributed by atoms with Crippen LogP contribution in [0.15, 0.2) is 90.1 Å². The van der Waals surface area contributed by atoms with E-state index < -0.39 is 30.8 Å². The Morgan fingerprint density at radius 2 is 1.67 bits per heavy atom. The minimum Gasteiger partial charge on any atom is -0.482 e. The molecule has 2 amide bonds. The number of benzene rings is 3. The number of hydrogen-bond acceptors (Lipinski definition) is 5. The number of likely N-dealkylation sites (tertiary alicyclic amines) is 1. The summed E-state index contributed by atoms with van der Waals surface area (Å²) in [4.78, 5) is 33.3. The molecule has 0 atom stereocenters. The predicted molar refractivity (Wildman–Crippen MR) is 162 cm³/mol. The van der Waals surface area contributed by atoms with Gasteiger partial charge in [-0.2, -0.15) is 18.2 Å². The number of nitrogens with one attached hydrogen (secondary N) is 4. The summed E-state index contributed by atoms with van der Waals surface area (Å²) in [5.74, 6) is -1.79. The molecule has 46 heavy (non-hydrogen) atoms. The first-order chi connectivity index (χ1) is 21.9. The number of carbonyl (C=O) groups is 2. The summed E-state index contributed by atoms with van der Waals surface area (Å²) in [7, 11) is 0. The molecule has 1 aromatic heterocycles. The number of guanidine groups is 1. The maximum Gasteiger partial charge on any atom is 0.422 e. The Kier molecular flexibility index (Phi) is 9.47. The van der Waals surface area contributed by atoms with Crippen molar-refractivity contribution in [3.05, 3.63) is 107 Å². The molecule has 1 aliphatic rings. The van der Waals surface area contributed by atoms with Crippen LogP contribution in [0.4, 0.5) is 28.9 Å². The summed E-state index contributed by atoms with van der Waals surface area (Å²) in [6.45, 7) is -1.36. The van der Waals surface area contributed by atoms with E-state index in [9.17, 15) is 32.3 Å². The van der Waals surface area contributed by atoms with Crippen molar-refractivity contribution in [1.82, 2.24) is 9.88 Å². The number of pyridine rings is 1. The third-order valence-corrected chi connectivity index (χ3v) is 6.83. The highest BCUT2D eigenvalue weighted by molar-refractivity contribution is 5.98. The SMILES string of the molecule is N=C(/N=c1/ccc(-c2ccc(NC(=O)Cc3ccc(F)cc3)cc2)c[nH]1)Nc1ccc(C(=O)N2CC(O)C2)cc1OCC(F)(F)F. The minimum absolute atomic E-state index is 0.000314. The third kappa shape index (κ3) is 8.57. The zero-order chi connectivity index (χ0) is 32.8. The van der Waals surface area contributed by atoms with Gasteiger partial charge in [0.2, 0.25) is 11.9 Å². The van der Waals surface area contributed by atoms with E-state index in [4.69, 9.17) is 10.1 Å². The maximum atomic E-state index is 13.1. The molecule has 0 aliphatic carbocycles. The van der Waals surface area contributed by atoms with E-state index in [1.54, 1.807) is 54.7 Å². The Morgan fingerprint density at radius 1 is 0.978 bits per heavy atom. The number of aromatic amines is 1. The second-order valence-corrected chi connectivity index (χ2v) is 10.5. The average Bonchev–Trinajstić information content (AvgIpc) is 3.00. The molecule has 3 aromatic carbocycles. The molecule has 0 saturated carbocycles. The molecular weight excluding hydrogens is 608 g/mol. The molecule has 1 aliphatic heterocycles. The summed E-state index contributed by atoms with van der Waals surface area (Å²) >= 11 is 0. The highest BCUT2D eigenvalue weighted by Gasteiger charge is 2.31. The van der Waals surface area contributed by atoms with Crippen molar-refractivity contribution >= 4 is 29.1 Å². The maximum absolute atomic E-state index is 13.1. The van der Waals surface area contributed by atoms with Gasteiger partial charge in [0, 0.05) is 30.5 Å². The number of H-pyrrole nitrogens is 1. The standard InChI is InChI=1S/C32H28F4N6O4/c33-23-7-1-19(2-8-23)13-29(44)39-24-9-3-20(4-10-24)22-6-12-28(38-15-22)41-31(37)40-26-11-5-21(30(45)42-16-25(43)17-42)14-27(26)46-18-32(34,35)36/h1-12,14-15,25,43H,13,16-18H2,(H,39,44)(H3,37,38,40,41). The molecular formula is C32H28F4N6O4. The molecule has 10 nitrogen and oxygen atoms in total. The van der Waals surface area contributed by atoms with Crippen LogP contribution in [-0.4, -0.2) is 64.7 Å². The molecule has 1 fully saturated rings. The van der Waals surface area contributed by atoms with Crippen LogP contribution in [0, 0.1) is 11.2 Å². The molecule has 5 N–H and O–H groups in total. The fourth-order valence-corrected chi connectivity index (χ4v) is 4.52. The lowest BCUT2D eigenvalue weighted by atomic mass is 10.1. The Bertz CT molecular complexity index is 1780. The van der Waals surface area contributed by atoms with Crippen molar-refractivity contribution in [3.8, 4) is 16.9 Å². The first-order valence-corrected chi connectivity index (χ1v) is 14.0. The number of ether oxygens (including phenoxy) is 1. The Hall–Kier alpha value is -5.50. The number of amides is 2. The molecule has 4 aromatic rings. The highest BCUT2D eigenvalue weighted by Crippen LogP contribution is 2.29. The van der Waals surface area contributed by atoms with Crippen molar-refractivity contribution in [2.75, 3.05) is 30.3 Å². The van der Waals surface area contributed by atoms with Gasteiger partial charge in [-0.3, -0.25) is 15.0 Å². The van der Waals surface area contributed by atoms with Crippen LogP contribution in [0.1, 0.15) is 15.9 Å². The number of β-amino-alcohol motifs (C(OH)–C–C–N with tert-alkyl or cyclic N) is 1. The first-order valence-electron chi connectivity index (χ1n) is 14.0. The van der Waals surface area contributed by atoms with E-state index >= 15 is 0 Å². The number of halogens is 4. The number of nitrogens with zero attached hydrogens (tertiary/aromatic N) is 2. The van der Waals surface area contributed by atoms with Gasteiger partial charge in [0.05, 0.1) is 18.2 Å². The van der Waals surface area contributed by atoms with E-state index in [1.165, 1.54) is 29.2 Å². The number of aromatic nitrogens is 1. The number of hydrogen-bond donors (Lipinski definition) is 5. The van der Waals surface area contributed by atoms with E-state index in [-0.39, 0.29) is 53.7 Å². The van der Waals surface area contributed by atoms with Gasteiger partial charge < -0.3 is 30.4 Å². The molecule has 2 heterocycles. The van der Waals surface area contributed by atoms with E-state index in [0.29, 0.717) is 11.3 Å². The Balaban J connectivity index is 1.22. The number of aliphatic hydroxyl groups excluding tert-OH is 1. The fraction of sp³-hybridized carbons (Fsp3) is 0.188.